The Bertz CT molecular complexity index is 518. The molecule has 0 atom stereocenters. The Hall–Kier alpha value is -1.74. The smallest absolute Gasteiger partial charge is 0.407 e. The van der Waals surface area contributed by atoms with E-state index in [1.165, 1.54) is 0 Å². The zero-order valence-corrected chi connectivity index (χ0v) is 13.3. The molecule has 0 bridgehead atoms. The third-order valence-corrected chi connectivity index (χ3v) is 2.59. The van der Waals surface area contributed by atoms with Gasteiger partial charge in [-0.15, -0.1) is 0 Å². The summed E-state index contributed by atoms with van der Waals surface area (Å²) in [5.41, 5.74) is -0.0751. The molecule has 1 rings (SSSR count). The van der Waals surface area contributed by atoms with Crippen molar-refractivity contribution in [3.63, 3.8) is 0 Å². The number of halogens is 1. The van der Waals surface area contributed by atoms with Crippen LogP contribution in [0.2, 0.25) is 0 Å². The van der Waals surface area contributed by atoms with E-state index in [1.54, 1.807) is 39.0 Å². The summed E-state index contributed by atoms with van der Waals surface area (Å²) < 4.78 is 11.4. The molecule has 0 fully saturated rings. The second kappa shape index (κ2) is 7.15. The van der Waals surface area contributed by atoms with E-state index in [2.05, 4.69) is 21.2 Å². The number of carbonyl (C=O) groups is 1. The number of rotatable bonds is 4. The van der Waals surface area contributed by atoms with E-state index in [-0.39, 0.29) is 6.61 Å². The normalized spacial score (nSPS) is 10.6. The Kier molecular flexibility index (Phi) is 5.83. The molecule has 1 aromatic carbocycles. The summed E-state index contributed by atoms with van der Waals surface area (Å²) in [7, 11) is 0. The Morgan fingerprint density at radius 2 is 2.15 bits per heavy atom. The summed E-state index contributed by atoms with van der Waals surface area (Å²) in [5.74, 6) is 0.480. The monoisotopic (exact) mass is 340 g/mol. The van der Waals surface area contributed by atoms with Crippen molar-refractivity contribution >= 4 is 22.0 Å². The van der Waals surface area contributed by atoms with Crippen LogP contribution in [0.1, 0.15) is 26.3 Å². The Morgan fingerprint density at radius 1 is 1.45 bits per heavy atom. The molecule has 0 unspecified atom stereocenters. The van der Waals surface area contributed by atoms with Crippen LogP contribution < -0.4 is 10.1 Å². The lowest BCUT2D eigenvalue weighted by Gasteiger charge is -2.19. The average molecular weight is 341 g/mol. The number of benzene rings is 1. The van der Waals surface area contributed by atoms with E-state index in [1.807, 2.05) is 6.07 Å². The van der Waals surface area contributed by atoms with Crippen molar-refractivity contribution in [3.8, 4) is 11.8 Å². The largest absolute Gasteiger partial charge is 0.490 e. The van der Waals surface area contributed by atoms with E-state index in [9.17, 15) is 4.79 Å². The number of nitriles is 1. The van der Waals surface area contributed by atoms with Crippen molar-refractivity contribution < 1.29 is 14.3 Å². The molecule has 1 N–H and O–H groups in total. The lowest BCUT2D eigenvalue weighted by molar-refractivity contribution is 0.0520. The molecule has 1 amide bonds. The van der Waals surface area contributed by atoms with Gasteiger partial charge in [0.25, 0.3) is 0 Å². The van der Waals surface area contributed by atoms with Crippen LogP contribution in [0.3, 0.4) is 0 Å². The van der Waals surface area contributed by atoms with Crippen LogP contribution in [0.25, 0.3) is 0 Å². The van der Waals surface area contributed by atoms with Gasteiger partial charge in [-0.1, -0.05) is 15.9 Å². The van der Waals surface area contributed by atoms with Crippen molar-refractivity contribution in [2.45, 2.75) is 26.4 Å². The number of ether oxygens (including phenoxy) is 2. The summed E-state index contributed by atoms with van der Waals surface area (Å²) in [4.78, 5) is 11.4. The van der Waals surface area contributed by atoms with Crippen LogP contribution in [0.5, 0.6) is 5.75 Å². The molecule has 0 heterocycles. The molecule has 5 nitrogen and oxygen atoms in total. The fourth-order valence-electron chi connectivity index (χ4n) is 1.34. The molecule has 108 valence electrons. The van der Waals surface area contributed by atoms with Gasteiger partial charge in [0.15, 0.2) is 0 Å². The second-order valence-electron chi connectivity index (χ2n) is 5.03. The van der Waals surface area contributed by atoms with Gasteiger partial charge in [0.05, 0.1) is 12.1 Å². The maximum absolute atomic E-state index is 11.4. The molecule has 20 heavy (non-hydrogen) atoms. The SMILES string of the molecule is CC(C)(C)OC(=O)NCCOc1cc(Br)ccc1C#N. The Balaban J connectivity index is 2.40. The second-order valence-corrected chi connectivity index (χ2v) is 5.95. The van der Waals surface area contributed by atoms with Gasteiger partial charge in [0.2, 0.25) is 0 Å². The summed E-state index contributed by atoms with van der Waals surface area (Å²) in [6.07, 6.45) is -0.490. The summed E-state index contributed by atoms with van der Waals surface area (Å²) in [6.45, 7) is 5.94. The van der Waals surface area contributed by atoms with Crippen molar-refractivity contribution in [3.05, 3.63) is 28.2 Å². The minimum absolute atomic E-state index is 0.254. The van der Waals surface area contributed by atoms with Crippen LogP contribution in [0.4, 0.5) is 4.79 Å². The third-order valence-electron chi connectivity index (χ3n) is 2.09. The molecular weight excluding hydrogens is 324 g/mol. The van der Waals surface area contributed by atoms with E-state index in [0.29, 0.717) is 17.9 Å². The topological polar surface area (TPSA) is 71.3 Å². The van der Waals surface area contributed by atoms with Crippen LogP contribution in [0.15, 0.2) is 22.7 Å². The van der Waals surface area contributed by atoms with Crippen molar-refractivity contribution in [2.24, 2.45) is 0 Å². The van der Waals surface area contributed by atoms with E-state index < -0.39 is 11.7 Å². The molecule has 6 heteroatoms. The lowest BCUT2D eigenvalue weighted by atomic mass is 10.2. The minimum Gasteiger partial charge on any atom is -0.490 e. The number of alkyl carbamates (subject to hydrolysis) is 1. The standard InChI is InChI=1S/C14H17BrN2O3/c1-14(2,3)20-13(18)17-6-7-19-12-8-11(15)5-4-10(12)9-16/h4-5,8H,6-7H2,1-3H3,(H,17,18). The highest BCUT2D eigenvalue weighted by Crippen LogP contribution is 2.22. The van der Waals surface area contributed by atoms with Gasteiger partial charge in [-0.2, -0.15) is 5.26 Å². The number of nitrogens with one attached hydrogen (secondary N) is 1. The molecule has 0 aliphatic carbocycles. The number of hydrogen-bond acceptors (Lipinski definition) is 4. The highest BCUT2D eigenvalue weighted by atomic mass is 79.9. The molecule has 0 radical (unpaired) electrons. The van der Waals surface area contributed by atoms with Crippen LogP contribution in [0, 0.1) is 11.3 Å². The highest BCUT2D eigenvalue weighted by Gasteiger charge is 2.15. The first-order valence-electron chi connectivity index (χ1n) is 6.11. The van der Waals surface area contributed by atoms with Gasteiger partial charge in [-0.25, -0.2) is 4.79 Å². The molecular formula is C14H17BrN2O3. The third kappa shape index (κ3) is 5.93. The van der Waals surface area contributed by atoms with E-state index >= 15 is 0 Å². The summed E-state index contributed by atoms with van der Waals surface area (Å²) >= 11 is 3.31. The zero-order valence-electron chi connectivity index (χ0n) is 11.7. The molecule has 0 saturated heterocycles. The lowest BCUT2D eigenvalue weighted by Crippen LogP contribution is -2.34. The maximum Gasteiger partial charge on any atom is 0.407 e. The molecule has 0 aliphatic heterocycles. The van der Waals surface area contributed by atoms with Gasteiger partial charge in [0, 0.05) is 4.47 Å². The average Bonchev–Trinajstić information content (AvgIpc) is 2.33. The first-order valence-corrected chi connectivity index (χ1v) is 6.90. The summed E-state index contributed by atoms with van der Waals surface area (Å²) in [6, 6.07) is 7.20. The van der Waals surface area contributed by atoms with E-state index in [4.69, 9.17) is 14.7 Å². The maximum atomic E-state index is 11.4. The summed E-state index contributed by atoms with van der Waals surface area (Å²) in [5, 5.41) is 11.5. The molecule has 0 saturated carbocycles. The predicted octanol–water partition coefficient (Wildman–Crippen LogP) is 3.22. The van der Waals surface area contributed by atoms with E-state index in [0.717, 1.165) is 4.47 Å². The van der Waals surface area contributed by atoms with Crippen LogP contribution >= 0.6 is 15.9 Å². The molecule has 0 aromatic heterocycles. The number of nitrogens with zero attached hydrogens (tertiary/aromatic N) is 1. The van der Waals surface area contributed by atoms with Crippen LogP contribution in [-0.4, -0.2) is 24.8 Å². The Morgan fingerprint density at radius 3 is 2.75 bits per heavy atom. The van der Waals surface area contributed by atoms with Gasteiger partial charge >= 0.3 is 6.09 Å². The van der Waals surface area contributed by atoms with Gasteiger partial charge in [0.1, 0.15) is 24.0 Å². The number of carbonyl (C=O) groups excluding carboxylic acids is 1. The molecule has 0 spiro atoms. The van der Waals surface area contributed by atoms with Crippen molar-refractivity contribution in [1.82, 2.24) is 5.32 Å². The van der Waals surface area contributed by atoms with Gasteiger partial charge in [-0.3, -0.25) is 0 Å². The molecule has 1 aromatic rings. The number of hydrogen-bond donors (Lipinski definition) is 1. The fourth-order valence-corrected chi connectivity index (χ4v) is 1.68. The molecule has 0 aliphatic rings. The van der Waals surface area contributed by atoms with Gasteiger partial charge < -0.3 is 14.8 Å². The predicted molar refractivity (Wildman–Crippen MR) is 78.6 cm³/mol. The minimum atomic E-state index is -0.525. The van der Waals surface area contributed by atoms with Crippen molar-refractivity contribution in [2.75, 3.05) is 13.2 Å². The quantitative estimate of drug-likeness (QED) is 0.854. The highest BCUT2D eigenvalue weighted by molar-refractivity contribution is 9.10. The zero-order chi connectivity index (χ0) is 15.2. The van der Waals surface area contributed by atoms with Crippen LogP contribution in [-0.2, 0) is 4.74 Å². The van der Waals surface area contributed by atoms with Gasteiger partial charge in [-0.05, 0) is 39.0 Å². The first kappa shape index (κ1) is 16.3. The Labute approximate surface area is 127 Å². The number of amides is 1. The first-order chi connectivity index (χ1) is 9.31. The fraction of sp³-hybridized carbons (Fsp3) is 0.429. The van der Waals surface area contributed by atoms with Crippen molar-refractivity contribution in [1.29, 1.82) is 5.26 Å².